The van der Waals surface area contributed by atoms with Crippen LogP contribution in [0, 0.1) is 17.5 Å². The first-order chi connectivity index (χ1) is 17.9. The van der Waals surface area contributed by atoms with E-state index < -0.39 is 23.5 Å². The van der Waals surface area contributed by atoms with Crippen molar-refractivity contribution >= 4 is 28.4 Å². The summed E-state index contributed by atoms with van der Waals surface area (Å²) in [5.41, 5.74) is 3.53. The van der Waals surface area contributed by atoms with E-state index in [1.807, 2.05) is 0 Å². The van der Waals surface area contributed by atoms with Gasteiger partial charge in [0.05, 0.1) is 18.2 Å². The largest absolute Gasteiger partial charge is 0.361 e. The minimum absolute atomic E-state index is 0.0428. The third kappa shape index (κ3) is 5.65. The van der Waals surface area contributed by atoms with Crippen LogP contribution in [0.5, 0.6) is 0 Å². The summed E-state index contributed by atoms with van der Waals surface area (Å²) in [5, 5.41) is 4.11. The van der Waals surface area contributed by atoms with Gasteiger partial charge in [-0.15, -0.1) is 0 Å². The molecule has 0 aliphatic heterocycles. The fraction of sp³-hybridized carbons (Fsp3) is 0.107. The summed E-state index contributed by atoms with van der Waals surface area (Å²) in [6.45, 7) is 0. The number of H-pyrrole nitrogens is 1. The van der Waals surface area contributed by atoms with Crippen LogP contribution >= 0.6 is 11.6 Å². The first kappa shape index (κ1) is 24.5. The van der Waals surface area contributed by atoms with Crippen LogP contribution in [-0.4, -0.2) is 20.9 Å². The monoisotopic (exact) mass is 520 g/mol. The van der Waals surface area contributed by atoms with Gasteiger partial charge in [0, 0.05) is 39.9 Å². The lowest BCUT2D eigenvalue weighted by atomic mass is 9.96. The van der Waals surface area contributed by atoms with Crippen LogP contribution in [0.3, 0.4) is 0 Å². The Balaban J connectivity index is 1.49. The highest BCUT2D eigenvalue weighted by Crippen LogP contribution is 2.30. The Morgan fingerprint density at radius 2 is 1.73 bits per heavy atom. The average Bonchev–Trinajstić information content (AvgIpc) is 3.25. The lowest BCUT2D eigenvalue weighted by Crippen LogP contribution is -2.32. The Labute approximate surface area is 215 Å². The summed E-state index contributed by atoms with van der Waals surface area (Å²) in [4.78, 5) is 24.8. The van der Waals surface area contributed by atoms with Gasteiger partial charge in [-0.2, -0.15) is 0 Å². The summed E-state index contributed by atoms with van der Waals surface area (Å²) in [7, 11) is 0. The molecule has 0 aliphatic rings. The molecule has 2 N–H and O–H groups in total. The third-order valence-corrected chi connectivity index (χ3v) is 6.26. The molecule has 0 radical (unpaired) electrons. The number of nitrogens with zero attached hydrogens (tertiary/aromatic N) is 2. The highest BCUT2D eigenvalue weighted by atomic mass is 35.5. The molecule has 0 bridgehead atoms. The number of aromatic amines is 1. The molecule has 1 amide bonds. The topological polar surface area (TPSA) is 70.7 Å². The van der Waals surface area contributed by atoms with Gasteiger partial charge in [-0.3, -0.25) is 4.79 Å². The second-order valence-electron chi connectivity index (χ2n) is 8.61. The fourth-order valence-electron chi connectivity index (χ4n) is 4.36. The van der Waals surface area contributed by atoms with Gasteiger partial charge in [-0.25, -0.2) is 23.1 Å². The number of hydrogen-bond acceptors (Lipinski definition) is 3. The van der Waals surface area contributed by atoms with Crippen molar-refractivity contribution in [3.8, 4) is 11.1 Å². The van der Waals surface area contributed by atoms with Gasteiger partial charge in [0.2, 0.25) is 5.91 Å². The van der Waals surface area contributed by atoms with Gasteiger partial charge >= 0.3 is 0 Å². The minimum Gasteiger partial charge on any atom is -0.361 e. The summed E-state index contributed by atoms with van der Waals surface area (Å²) in [6.07, 6.45) is 4.64. The molecule has 1 atom stereocenters. The fourth-order valence-corrected chi connectivity index (χ4v) is 4.49. The summed E-state index contributed by atoms with van der Waals surface area (Å²) in [6, 6.07) is 13.8. The molecule has 0 spiro atoms. The number of aromatic nitrogens is 3. The van der Waals surface area contributed by atoms with Crippen LogP contribution in [0.15, 0.2) is 79.4 Å². The summed E-state index contributed by atoms with van der Waals surface area (Å²) < 4.78 is 41.7. The van der Waals surface area contributed by atoms with E-state index >= 15 is 0 Å². The van der Waals surface area contributed by atoms with E-state index in [-0.39, 0.29) is 18.7 Å². The molecule has 0 fully saturated rings. The molecular formula is C28H20ClF3N4O. The molecule has 0 saturated heterocycles. The molecule has 2 heterocycles. The van der Waals surface area contributed by atoms with E-state index in [9.17, 15) is 18.0 Å². The van der Waals surface area contributed by atoms with Crippen molar-refractivity contribution in [3.63, 3.8) is 0 Å². The maximum absolute atomic E-state index is 14.0. The molecule has 37 heavy (non-hydrogen) atoms. The molecule has 0 aliphatic carbocycles. The smallest absolute Gasteiger partial charge is 0.225 e. The molecule has 3 aromatic carbocycles. The van der Waals surface area contributed by atoms with Crippen LogP contribution in [0.2, 0.25) is 5.02 Å². The molecule has 186 valence electrons. The van der Waals surface area contributed by atoms with E-state index in [0.717, 1.165) is 11.6 Å². The quantitative estimate of drug-likeness (QED) is 0.263. The van der Waals surface area contributed by atoms with E-state index in [1.165, 1.54) is 30.6 Å². The number of fused-ring (bicyclic) bond motifs is 1. The van der Waals surface area contributed by atoms with Gasteiger partial charge < -0.3 is 10.3 Å². The first-order valence-electron chi connectivity index (χ1n) is 11.4. The first-order valence-corrected chi connectivity index (χ1v) is 11.8. The molecule has 1 unspecified atom stereocenters. The number of carbonyl (C=O) groups is 1. The van der Waals surface area contributed by atoms with Gasteiger partial charge in [0.25, 0.3) is 0 Å². The molecule has 2 aromatic heterocycles. The molecule has 5 nitrogen and oxygen atoms in total. The predicted octanol–water partition coefficient (Wildman–Crippen LogP) is 6.34. The lowest BCUT2D eigenvalue weighted by Gasteiger charge is -2.21. The number of rotatable bonds is 7. The second kappa shape index (κ2) is 10.4. The number of halogens is 4. The van der Waals surface area contributed by atoms with E-state index in [2.05, 4.69) is 20.3 Å². The number of carbonyl (C=O) groups excluding carboxylic acids is 1. The second-order valence-corrected chi connectivity index (χ2v) is 9.05. The normalized spacial score (nSPS) is 12.0. The highest BCUT2D eigenvalue weighted by molar-refractivity contribution is 6.30. The number of benzene rings is 3. The SMILES string of the molecule is O=C(Cc1c[nH]c2ccc(F)cc12)NC(Cc1cc(F)cc(F)c1)c1ncncc1-c1ccc(Cl)cc1. The Morgan fingerprint density at radius 3 is 2.49 bits per heavy atom. The lowest BCUT2D eigenvalue weighted by molar-refractivity contribution is -0.121. The van der Waals surface area contributed by atoms with Crippen molar-refractivity contribution in [2.24, 2.45) is 0 Å². The Kier molecular flexibility index (Phi) is 6.92. The van der Waals surface area contributed by atoms with E-state index in [1.54, 1.807) is 42.7 Å². The van der Waals surface area contributed by atoms with Crippen LogP contribution in [0.25, 0.3) is 22.0 Å². The summed E-state index contributed by atoms with van der Waals surface area (Å²) in [5.74, 6) is -2.22. The zero-order chi connectivity index (χ0) is 25.9. The van der Waals surface area contributed by atoms with E-state index in [0.29, 0.717) is 38.3 Å². The van der Waals surface area contributed by atoms with Crippen LogP contribution in [0.1, 0.15) is 22.9 Å². The van der Waals surface area contributed by atoms with Crippen LogP contribution in [0.4, 0.5) is 13.2 Å². The van der Waals surface area contributed by atoms with Gasteiger partial charge in [-0.05, 0) is 65.6 Å². The van der Waals surface area contributed by atoms with Crippen LogP contribution in [-0.2, 0) is 17.6 Å². The maximum atomic E-state index is 14.0. The molecule has 5 rings (SSSR count). The standard InChI is InChI=1S/C28H20ClF3N4O/c29-19-3-1-17(2-4-19)24-14-33-15-35-28(24)26(9-16-7-21(31)11-22(32)8-16)36-27(37)10-18-13-34-25-6-5-20(30)12-23(18)25/h1-8,11-15,26,34H,9-10H2,(H,36,37). The maximum Gasteiger partial charge on any atom is 0.225 e. The molecular weight excluding hydrogens is 501 g/mol. The van der Waals surface area contributed by atoms with Gasteiger partial charge in [0.1, 0.15) is 23.8 Å². The van der Waals surface area contributed by atoms with Crippen molar-refractivity contribution in [3.05, 3.63) is 119 Å². The zero-order valence-corrected chi connectivity index (χ0v) is 20.1. The third-order valence-electron chi connectivity index (χ3n) is 6.01. The average molecular weight is 521 g/mol. The van der Waals surface area contributed by atoms with Gasteiger partial charge in [0.15, 0.2) is 0 Å². The number of hydrogen-bond donors (Lipinski definition) is 2. The molecule has 0 saturated carbocycles. The Bertz CT molecular complexity index is 1570. The van der Waals surface area contributed by atoms with Crippen molar-refractivity contribution in [1.29, 1.82) is 0 Å². The van der Waals surface area contributed by atoms with E-state index in [4.69, 9.17) is 11.6 Å². The number of nitrogens with one attached hydrogen (secondary N) is 2. The van der Waals surface area contributed by atoms with Gasteiger partial charge in [-0.1, -0.05) is 23.7 Å². The van der Waals surface area contributed by atoms with Crippen LogP contribution < -0.4 is 5.32 Å². The zero-order valence-electron chi connectivity index (χ0n) is 19.3. The van der Waals surface area contributed by atoms with Crippen molar-refractivity contribution in [1.82, 2.24) is 20.3 Å². The highest BCUT2D eigenvalue weighted by Gasteiger charge is 2.22. The molecule has 5 aromatic rings. The van der Waals surface area contributed by atoms with Crippen molar-refractivity contribution in [2.75, 3.05) is 0 Å². The molecule has 9 heteroatoms. The van der Waals surface area contributed by atoms with Crippen molar-refractivity contribution in [2.45, 2.75) is 18.9 Å². The Hall–Kier alpha value is -4.17. The summed E-state index contributed by atoms with van der Waals surface area (Å²) >= 11 is 6.04. The van der Waals surface area contributed by atoms with Crippen molar-refractivity contribution < 1.29 is 18.0 Å². The minimum atomic E-state index is -0.746. The predicted molar refractivity (Wildman–Crippen MR) is 135 cm³/mol. The number of amides is 1. The Morgan fingerprint density at radius 1 is 0.973 bits per heavy atom.